The molecular formula is C28H34F2N6. The number of fused-ring (bicyclic) bond motifs is 3. The van der Waals surface area contributed by atoms with Crippen molar-refractivity contribution in [1.29, 1.82) is 0 Å². The maximum absolute atomic E-state index is 16.5. The number of hydrogen-bond acceptors (Lipinski definition) is 6. The fraction of sp³-hybridized carbons (Fsp3) is 0.500. The van der Waals surface area contributed by atoms with E-state index in [1.54, 1.807) is 6.07 Å². The van der Waals surface area contributed by atoms with Crippen LogP contribution in [0.5, 0.6) is 0 Å². The van der Waals surface area contributed by atoms with Gasteiger partial charge in [0.25, 0.3) is 0 Å². The minimum Gasteiger partial charge on any atom is -0.353 e. The second-order valence-electron chi connectivity index (χ2n) is 10.8. The number of aryl methyl sites for hydroxylation is 2. The minimum absolute atomic E-state index is 0.278. The number of nitrogens with one attached hydrogen (secondary N) is 1. The first-order valence-corrected chi connectivity index (χ1v) is 13.0. The van der Waals surface area contributed by atoms with Crippen molar-refractivity contribution in [3.63, 3.8) is 0 Å². The molecule has 4 heterocycles. The topological polar surface area (TPSA) is 47.5 Å². The summed E-state index contributed by atoms with van der Waals surface area (Å²) >= 11 is 0. The Morgan fingerprint density at radius 2 is 1.72 bits per heavy atom. The molecule has 6 nitrogen and oxygen atoms in total. The number of aromatic nitrogens is 2. The summed E-state index contributed by atoms with van der Waals surface area (Å²) in [4.78, 5) is 16.4. The molecule has 190 valence electrons. The molecule has 1 unspecified atom stereocenters. The van der Waals surface area contributed by atoms with Crippen LogP contribution >= 0.6 is 0 Å². The van der Waals surface area contributed by atoms with Gasteiger partial charge in [0.15, 0.2) is 5.82 Å². The lowest BCUT2D eigenvalue weighted by atomic mass is 9.92. The van der Waals surface area contributed by atoms with E-state index >= 15 is 8.78 Å². The average molecular weight is 493 g/mol. The third kappa shape index (κ3) is 3.82. The lowest BCUT2D eigenvalue weighted by Gasteiger charge is -2.43. The van der Waals surface area contributed by atoms with Crippen molar-refractivity contribution in [3.05, 3.63) is 47.0 Å². The monoisotopic (exact) mass is 492 g/mol. The smallest absolute Gasteiger partial charge is 0.228 e. The van der Waals surface area contributed by atoms with Crippen molar-refractivity contribution >= 4 is 22.7 Å². The predicted molar refractivity (Wildman–Crippen MR) is 141 cm³/mol. The molecule has 2 aromatic carbocycles. The van der Waals surface area contributed by atoms with Gasteiger partial charge in [0.2, 0.25) is 5.95 Å². The van der Waals surface area contributed by atoms with Crippen molar-refractivity contribution < 1.29 is 8.78 Å². The fourth-order valence-electron chi connectivity index (χ4n) is 6.07. The molecule has 1 N–H and O–H groups in total. The second-order valence-corrected chi connectivity index (χ2v) is 10.8. The van der Waals surface area contributed by atoms with Crippen LogP contribution in [-0.4, -0.2) is 73.3 Å². The van der Waals surface area contributed by atoms with E-state index < -0.39 is 11.6 Å². The normalized spacial score (nSPS) is 22.1. The Balaban J connectivity index is 1.54. The summed E-state index contributed by atoms with van der Waals surface area (Å²) in [6.07, 6.45) is 2.92. The number of likely N-dealkylation sites (N-methyl/N-ethyl adjacent to an activating group) is 1. The van der Waals surface area contributed by atoms with E-state index in [2.05, 4.69) is 34.1 Å². The van der Waals surface area contributed by atoms with E-state index in [-0.39, 0.29) is 5.52 Å². The lowest BCUT2D eigenvalue weighted by Crippen LogP contribution is -2.58. The molecule has 1 aromatic heterocycles. The van der Waals surface area contributed by atoms with Crippen LogP contribution in [0.1, 0.15) is 30.9 Å². The zero-order chi connectivity index (χ0) is 25.1. The van der Waals surface area contributed by atoms with E-state index in [9.17, 15) is 0 Å². The van der Waals surface area contributed by atoms with Crippen LogP contribution in [0.15, 0.2) is 24.3 Å². The van der Waals surface area contributed by atoms with Crippen LogP contribution in [0.3, 0.4) is 0 Å². The molecule has 0 amide bonds. The molecule has 3 aliphatic heterocycles. The summed E-state index contributed by atoms with van der Waals surface area (Å²) in [6.45, 7) is 7.13. The van der Waals surface area contributed by atoms with E-state index in [0.29, 0.717) is 52.6 Å². The lowest BCUT2D eigenvalue weighted by molar-refractivity contribution is 0.245. The first kappa shape index (κ1) is 23.6. The molecule has 3 saturated heterocycles. The second kappa shape index (κ2) is 8.92. The molecule has 8 heteroatoms. The fourth-order valence-corrected chi connectivity index (χ4v) is 6.07. The highest BCUT2D eigenvalue weighted by Gasteiger charge is 2.36. The number of hydrogen-bond donors (Lipinski definition) is 1. The van der Waals surface area contributed by atoms with E-state index in [4.69, 9.17) is 9.97 Å². The molecule has 0 radical (unpaired) electrons. The molecule has 0 aliphatic carbocycles. The number of nitrogens with zero attached hydrogens (tertiary/aromatic N) is 5. The summed E-state index contributed by atoms with van der Waals surface area (Å²) in [7, 11) is 4.14. The summed E-state index contributed by atoms with van der Waals surface area (Å²) < 4.78 is 31.6. The number of halogens is 2. The third-order valence-corrected chi connectivity index (χ3v) is 8.22. The Labute approximate surface area is 211 Å². The van der Waals surface area contributed by atoms with Crippen LogP contribution in [0.25, 0.3) is 22.0 Å². The van der Waals surface area contributed by atoms with Crippen molar-refractivity contribution in [1.82, 2.24) is 20.2 Å². The van der Waals surface area contributed by atoms with E-state index in [0.717, 1.165) is 50.4 Å². The molecule has 3 fully saturated rings. The molecule has 3 aromatic rings. The zero-order valence-electron chi connectivity index (χ0n) is 21.5. The van der Waals surface area contributed by atoms with Gasteiger partial charge in [-0.1, -0.05) is 19.1 Å². The molecule has 0 saturated carbocycles. The van der Waals surface area contributed by atoms with Gasteiger partial charge in [-0.25, -0.2) is 13.8 Å². The van der Waals surface area contributed by atoms with Gasteiger partial charge in [-0.05, 0) is 63.5 Å². The van der Waals surface area contributed by atoms with Gasteiger partial charge in [0, 0.05) is 60.8 Å². The molecule has 6 rings (SSSR count). The van der Waals surface area contributed by atoms with Gasteiger partial charge in [-0.2, -0.15) is 4.98 Å². The van der Waals surface area contributed by atoms with Crippen molar-refractivity contribution in [2.75, 3.05) is 50.1 Å². The highest BCUT2D eigenvalue weighted by atomic mass is 19.1. The number of rotatable bonds is 5. The maximum Gasteiger partial charge on any atom is 0.228 e. The predicted octanol–water partition coefficient (Wildman–Crippen LogP) is 4.14. The Kier molecular flexibility index (Phi) is 5.84. The van der Waals surface area contributed by atoms with Gasteiger partial charge in [-0.15, -0.1) is 0 Å². The zero-order valence-corrected chi connectivity index (χ0v) is 21.5. The SMILES string of the molecule is CCc1cccc(F)c1-c1c(C)cc2c(N3CC4CC[C@H](C3)N4)nc(N3CC(N(C)C)C3)nc2c1F. The van der Waals surface area contributed by atoms with E-state index in [1.807, 2.05) is 26.0 Å². The number of benzene rings is 2. The molecule has 3 aliphatic rings. The van der Waals surface area contributed by atoms with Gasteiger partial charge < -0.3 is 20.0 Å². The summed E-state index contributed by atoms with van der Waals surface area (Å²) in [5.41, 5.74) is 2.42. The minimum atomic E-state index is -0.461. The Morgan fingerprint density at radius 1 is 1.00 bits per heavy atom. The van der Waals surface area contributed by atoms with Crippen molar-refractivity contribution in [3.8, 4) is 11.1 Å². The van der Waals surface area contributed by atoms with Crippen LogP contribution in [0.2, 0.25) is 0 Å². The first-order valence-electron chi connectivity index (χ1n) is 13.0. The summed E-state index contributed by atoms with van der Waals surface area (Å²) in [5.74, 6) is 0.483. The van der Waals surface area contributed by atoms with Gasteiger partial charge in [0.05, 0.1) is 0 Å². The largest absolute Gasteiger partial charge is 0.353 e. The Hall–Kier alpha value is -2.84. The Morgan fingerprint density at radius 3 is 2.39 bits per heavy atom. The van der Waals surface area contributed by atoms with Gasteiger partial charge in [-0.3, -0.25) is 0 Å². The molecule has 36 heavy (non-hydrogen) atoms. The Bertz CT molecular complexity index is 1310. The highest BCUT2D eigenvalue weighted by molar-refractivity contribution is 5.96. The average Bonchev–Trinajstić information content (AvgIpc) is 3.16. The molecule has 2 atom stereocenters. The van der Waals surface area contributed by atoms with Crippen LogP contribution in [0, 0.1) is 18.6 Å². The van der Waals surface area contributed by atoms with Crippen LogP contribution in [0.4, 0.5) is 20.5 Å². The molecule has 2 bridgehead atoms. The number of anilines is 2. The quantitative estimate of drug-likeness (QED) is 0.578. The summed E-state index contributed by atoms with van der Waals surface area (Å²) in [5, 5.41) is 4.38. The maximum atomic E-state index is 16.5. The van der Waals surface area contributed by atoms with Crippen LogP contribution in [-0.2, 0) is 6.42 Å². The summed E-state index contributed by atoms with van der Waals surface area (Å²) in [6, 6.07) is 8.20. The van der Waals surface area contributed by atoms with Gasteiger partial charge in [0.1, 0.15) is 17.2 Å². The number of piperazine rings is 1. The van der Waals surface area contributed by atoms with Crippen molar-refractivity contribution in [2.24, 2.45) is 0 Å². The third-order valence-electron chi connectivity index (χ3n) is 8.22. The standard InChI is InChI=1S/C28H34F2N6/c1-5-17-7-6-8-22(29)24(17)23-16(2)11-21-26(25(23)30)32-28(36-14-20(15-36)34(3)4)33-27(21)35-12-18-9-10-19(13-35)31-18/h6-8,11,18-20,31H,5,9-10,12-15H2,1-4H3/t18-,19?/m1/s1. The van der Waals surface area contributed by atoms with Gasteiger partial charge >= 0.3 is 0 Å². The van der Waals surface area contributed by atoms with E-state index in [1.165, 1.54) is 6.07 Å². The van der Waals surface area contributed by atoms with Crippen molar-refractivity contribution in [2.45, 2.75) is 51.2 Å². The highest BCUT2D eigenvalue weighted by Crippen LogP contribution is 2.40. The van der Waals surface area contributed by atoms with Crippen LogP contribution < -0.4 is 15.1 Å². The molecular weight excluding hydrogens is 458 g/mol. The first-order chi connectivity index (χ1) is 17.3. The molecule has 0 spiro atoms.